The fourth-order valence-electron chi connectivity index (χ4n) is 4.64. The summed E-state index contributed by atoms with van der Waals surface area (Å²) in [6, 6.07) is 13.4. The Hall–Kier alpha value is -3.14. The number of hydrogen-bond acceptors (Lipinski definition) is 6. The van der Waals surface area contributed by atoms with Crippen molar-refractivity contribution in [3.8, 4) is 5.75 Å². The van der Waals surface area contributed by atoms with Gasteiger partial charge in [-0.2, -0.15) is 0 Å². The van der Waals surface area contributed by atoms with Gasteiger partial charge < -0.3 is 35.0 Å². The summed E-state index contributed by atoms with van der Waals surface area (Å²) in [7, 11) is 4.02. The topological polar surface area (TPSA) is 103 Å². The molecule has 0 saturated carbocycles. The maximum absolute atomic E-state index is 14.1. The molecule has 3 amide bonds. The molecular weight excluding hydrogens is 496 g/mol. The third-order valence-corrected chi connectivity index (χ3v) is 6.89. The quantitative estimate of drug-likeness (QED) is 0.491. The number of nitrogens with one attached hydrogen (secondary N) is 2. The lowest BCUT2D eigenvalue weighted by Crippen LogP contribution is -2.47. The molecule has 0 fully saturated rings. The molecule has 9 heteroatoms. The predicted octanol–water partition coefficient (Wildman–Crippen LogP) is 4.69. The Kier molecular flexibility index (Phi) is 11.6. The van der Waals surface area contributed by atoms with Crippen molar-refractivity contribution in [2.24, 2.45) is 5.92 Å². The van der Waals surface area contributed by atoms with E-state index in [-0.39, 0.29) is 30.6 Å². The largest absolute Gasteiger partial charge is 0.490 e. The van der Waals surface area contributed by atoms with Crippen molar-refractivity contribution in [2.45, 2.75) is 58.3 Å². The molecule has 0 unspecified atom stereocenters. The maximum Gasteiger partial charge on any atom is 0.323 e. The zero-order valence-corrected chi connectivity index (χ0v) is 23.9. The van der Waals surface area contributed by atoms with Crippen LogP contribution in [0.1, 0.15) is 50.4 Å². The number of likely N-dealkylation sites (N-methyl/N-ethyl adjacent to an activating group) is 1. The van der Waals surface area contributed by atoms with Crippen LogP contribution in [-0.4, -0.2) is 85.5 Å². The lowest BCUT2D eigenvalue weighted by molar-refractivity contribution is -0.0137. The summed E-state index contributed by atoms with van der Waals surface area (Å²) in [6.07, 6.45) is 2.51. The van der Waals surface area contributed by atoms with Gasteiger partial charge in [-0.25, -0.2) is 4.79 Å². The highest BCUT2D eigenvalue weighted by Crippen LogP contribution is 2.28. The molecule has 0 spiro atoms. The van der Waals surface area contributed by atoms with Gasteiger partial charge in [-0.15, -0.1) is 0 Å². The van der Waals surface area contributed by atoms with E-state index in [4.69, 9.17) is 9.47 Å². The van der Waals surface area contributed by atoms with E-state index in [9.17, 15) is 14.7 Å². The summed E-state index contributed by atoms with van der Waals surface area (Å²) in [5.74, 6) is 0.218. The van der Waals surface area contributed by atoms with Crippen molar-refractivity contribution < 1.29 is 24.2 Å². The van der Waals surface area contributed by atoms with E-state index in [1.54, 1.807) is 35.2 Å². The van der Waals surface area contributed by atoms with Crippen LogP contribution in [0.3, 0.4) is 0 Å². The van der Waals surface area contributed by atoms with E-state index in [1.807, 2.05) is 46.1 Å². The molecule has 0 saturated heterocycles. The van der Waals surface area contributed by atoms with Crippen molar-refractivity contribution >= 4 is 23.3 Å². The summed E-state index contributed by atoms with van der Waals surface area (Å²) < 4.78 is 12.5. The first-order valence-electron chi connectivity index (χ1n) is 13.8. The second kappa shape index (κ2) is 14.9. The highest BCUT2D eigenvalue weighted by Gasteiger charge is 2.30. The van der Waals surface area contributed by atoms with Crippen LogP contribution in [0.5, 0.6) is 5.75 Å². The van der Waals surface area contributed by atoms with E-state index in [0.29, 0.717) is 35.8 Å². The van der Waals surface area contributed by atoms with Gasteiger partial charge in [0.25, 0.3) is 5.91 Å². The molecule has 1 aliphatic heterocycles. The first kappa shape index (κ1) is 30.4. The van der Waals surface area contributed by atoms with Crippen molar-refractivity contribution in [3.63, 3.8) is 0 Å². The minimum absolute atomic E-state index is 0.0227. The average molecular weight is 541 g/mol. The molecule has 1 heterocycles. The Morgan fingerprint density at radius 2 is 1.82 bits per heavy atom. The number of aliphatic hydroxyl groups is 1. The van der Waals surface area contributed by atoms with E-state index in [0.717, 1.165) is 25.8 Å². The number of para-hydroxylation sites is 1. The molecule has 2 aromatic carbocycles. The standard InChI is InChI=1S/C30H44N4O5/c1-21-18-34(22(2)20-35)29(36)26-17-25(32-30(37)31-24-12-7-6-8-13-24)14-15-27(26)39-23(3)11-9-10-16-38-28(21)19-33(4)5/h6-8,12-15,17,21-23,28,35H,9-11,16,18-20H2,1-5H3,(H2,31,32,37)/t21-,22-,23+,28+/m0/s1. The Labute approximate surface area is 232 Å². The highest BCUT2D eigenvalue weighted by atomic mass is 16.5. The number of amides is 3. The van der Waals surface area contributed by atoms with Crippen LogP contribution in [0.4, 0.5) is 16.2 Å². The molecule has 3 N–H and O–H groups in total. The molecule has 0 bridgehead atoms. The first-order chi connectivity index (χ1) is 18.7. The molecule has 214 valence electrons. The summed E-state index contributed by atoms with van der Waals surface area (Å²) in [4.78, 5) is 30.5. The van der Waals surface area contributed by atoms with E-state index >= 15 is 0 Å². The lowest BCUT2D eigenvalue weighted by atomic mass is 10.0. The third kappa shape index (κ3) is 9.23. The number of nitrogens with zero attached hydrogens (tertiary/aromatic N) is 2. The minimum atomic E-state index is -0.420. The molecule has 0 radical (unpaired) electrons. The first-order valence-corrected chi connectivity index (χ1v) is 13.8. The zero-order chi connectivity index (χ0) is 28.4. The van der Waals surface area contributed by atoms with Crippen LogP contribution in [0.25, 0.3) is 0 Å². The van der Waals surface area contributed by atoms with Crippen molar-refractivity contribution in [1.82, 2.24) is 9.80 Å². The smallest absolute Gasteiger partial charge is 0.323 e. The second-order valence-corrected chi connectivity index (χ2v) is 10.7. The fraction of sp³-hybridized carbons (Fsp3) is 0.533. The number of urea groups is 1. The maximum atomic E-state index is 14.1. The molecule has 4 atom stereocenters. The van der Waals surface area contributed by atoms with Gasteiger partial charge in [0.05, 0.1) is 30.4 Å². The van der Waals surface area contributed by atoms with Crippen LogP contribution >= 0.6 is 0 Å². The molecule has 39 heavy (non-hydrogen) atoms. The van der Waals surface area contributed by atoms with Crippen molar-refractivity contribution in [2.75, 3.05) is 51.0 Å². The van der Waals surface area contributed by atoms with E-state index in [2.05, 4.69) is 22.5 Å². The van der Waals surface area contributed by atoms with Crippen LogP contribution in [0.15, 0.2) is 48.5 Å². The summed E-state index contributed by atoms with van der Waals surface area (Å²) in [6.45, 7) is 7.50. The summed E-state index contributed by atoms with van der Waals surface area (Å²) in [5, 5.41) is 15.7. The van der Waals surface area contributed by atoms with Crippen LogP contribution in [-0.2, 0) is 4.74 Å². The van der Waals surface area contributed by atoms with Crippen molar-refractivity contribution in [1.29, 1.82) is 0 Å². The average Bonchev–Trinajstić information content (AvgIpc) is 2.90. The molecule has 3 rings (SSSR count). The summed E-state index contributed by atoms with van der Waals surface area (Å²) >= 11 is 0. The Morgan fingerprint density at radius 1 is 1.10 bits per heavy atom. The number of hydrogen-bond donors (Lipinski definition) is 3. The number of carbonyl (C=O) groups excluding carboxylic acids is 2. The lowest BCUT2D eigenvalue weighted by Gasteiger charge is -2.35. The molecular formula is C30H44N4O5. The fourth-order valence-corrected chi connectivity index (χ4v) is 4.64. The number of benzene rings is 2. The molecule has 9 nitrogen and oxygen atoms in total. The zero-order valence-electron chi connectivity index (χ0n) is 23.9. The third-order valence-electron chi connectivity index (χ3n) is 6.89. The van der Waals surface area contributed by atoms with Gasteiger partial charge in [0.1, 0.15) is 5.75 Å². The second-order valence-electron chi connectivity index (χ2n) is 10.7. The minimum Gasteiger partial charge on any atom is -0.490 e. The number of aliphatic hydroxyl groups excluding tert-OH is 1. The predicted molar refractivity (Wildman–Crippen MR) is 155 cm³/mol. The highest BCUT2D eigenvalue weighted by molar-refractivity contribution is 6.02. The van der Waals surface area contributed by atoms with Gasteiger partial charge in [-0.1, -0.05) is 25.1 Å². The number of carbonyl (C=O) groups is 2. The van der Waals surface area contributed by atoms with Crippen molar-refractivity contribution in [3.05, 3.63) is 54.1 Å². The van der Waals surface area contributed by atoms with Crippen LogP contribution in [0, 0.1) is 5.92 Å². The monoisotopic (exact) mass is 540 g/mol. The molecule has 0 aromatic heterocycles. The van der Waals surface area contributed by atoms with Gasteiger partial charge >= 0.3 is 6.03 Å². The van der Waals surface area contributed by atoms with Gasteiger partial charge in [0, 0.05) is 37.0 Å². The molecule has 2 aromatic rings. The number of anilines is 2. The van der Waals surface area contributed by atoms with Crippen LogP contribution in [0.2, 0.25) is 0 Å². The van der Waals surface area contributed by atoms with Crippen LogP contribution < -0.4 is 15.4 Å². The number of ether oxygens (including phenoxy) is 2. The van der Waals surface area contributed by atoms with E-state index in [1.165, 1.54) is 0 Å². The van der Waals surface area contributed by atoms with Gasteiger partial charge in [0.2, 0.25) is 0 Å². The normalized spacial score (nSPS) is 21.9. The molecule has 1 aliphatic rings. The van der Waals surface area contributed by atoms with Gasteiger partial charge in [0.15, 0.2) is 0 Å². The Balaban J connectivity index is 1.93. The number of fused-ring (bicyclic) bond motifs is 1. The molecule has 0 aliphatic carbocycles. The van der Waals surface area contributed by atoms with Gasteiger partial charge in [-0.05, 0) is 77.5 Å². The number of rotatable bonds is 6. The Bertz CT molecular complexity index is 1060. The SMILES string of the molecule is C[C@@H]1CCCCO[C@H](CN(C)C)[C@@H](C)CN([C@@H](C)CO)C(=O)c2cc(NC(=O)Nc3ccccc3)ccc2O1. The van der Waals surface area contributed by atoms with Gasteiger partial charge in [-0.3, -0.25) is 4.79 Å². The van der Waals surface area contributed by atoms with E-state index < -0.39 is 12.1 Å². The summed E-state index contributed by atoms with van der Waals surface area (Å²) in [5.41, 5.74) is 1.47. The Morgan fingerprint density at radius 3 is 2.51 bits per heavy atom.